The molecule has 2 saturated heterocycles. The summed E-state index contributed by atoms with van der Waals surface area (Å²) in [5.74, 6) is -2.18. The number of hydrogen-bond acceptors (Lipinski definition) is 6. The summed E-state index contributed by atoms with van der Waals surface area (Å²) in [5, 5.41) is 25.6. The van der Waals surface area contributed by atoms with Crippen LogP contribution < -0.4 is 10.4 Å². The molecular formula is C15H22N4O4. The molecule has 2 fully saturated rings. The van der Waals surface area contributed by atoms with Crippen LogP contribution in [0.15, 0.2) is 11.8 Å². The number of hydrogen-bond donors (Lipinski definition) is 2. The Bertz CT molecular complexity index is 586. The van der Waals surface area contributed by atoms with Gasteiger partial charge in [-0.05, 0) is 12.8 Å². The average molecular weight is 322 g/mol. The minimum Gasteiger partial charge on any atom is -0.543 e. The molecule has 8 nitrogen and oxygen atoms in total. The Morgan fingerprint density at radius 1 is 1.57 bits per heavy atom. The van der Waals surface area contributed by atoms with Gasteiger partial charge in [0.2, 0.25) is 5.91 Å². The molecule has 0 aliphatic carbocycles. The minimum atomic E-state index is -1.33. The molecule has 4 aliphatic heterocycles. The summed E-state index contributed by atoms with van der Waals surface area (Å²) in [7, 11) is 0. The highest BCUT2D eigenvalue weighted by atomic mass is 16.4. The van der Waals surface area contributed by atoms with Gasteiger partial charge in [0.05, 0.1) is 36.3 Å². The molecule has 126 valence electrons. The molecule has 4 rings (SSSR count). The molecule has 0 bridgehead atoms. The third kappa shape index (κ3) is 2.56. The van der Waals surface area contributed by atoms with Crippen LogP contribution >= 0.6 is 0 Å². The molecule has 0 radical (unpaired) electrons. The summed E-state index contributed by atoms with van der Waals surface area (Å²) in [6.07, 6.45) is 4.14. The number of carbonyl (C=O) groups excluding carboxylic acids is 2. The first-order valence-corrected chi connectivity index (χ1v) is 7.94. The monoisotopic (exact) mass is 322 g/mol. The highest BCUT2D eigenvalue weighted by Gasteiger charge is 2.55. The summed E-state index contributed by atoms with van der Waals surface area (Å²) in [4.78, 5) is 23.5. The fraction of sp³-hybridized carbons (Fsp3) is 0.667. The molecule has 2 unspecified atom stereocenters. The number of nitrogens with one attached hydrogen (secondary N) is 1. The van der Waals surface area contributed by atoms with Gasteiger partial charge in [-0.3, -0.25) is 10.1 Å². The largest absolute Gasteiger partial charge is 0.543 e. The highest BCUT2D eigenvalue weighted by Crippen LogP contribution is 2.42. The molecule has 8 heteroatoms. The van der Waals surface area contributed by atoms with Gasteiger partial charge in [-0.1, -0.05) is 13.0 Å². The Labute approximate surface area is 134 Å². The maximum absolute atomic E-state index is 11.6. The SMILES string of the molecule is C1=[N+]2CCCN2CN1.CC1C=C(C(=O)[O-])N2C(=O)C([C@@H](C)O)[C@@H]12. The van der Waals surface area contributed by atoms with Crippen LogP contribution in [0.5, 0.6) is 0 Å². The molecule has 0 spiro atoms. The van der Waals surface area contributed by atoms with Crippen LogP contribution in [-0.4, -0.2) is 69.8 Å². The van der Waals surface area contributed by atoms with E-state index in [1.807, 2.05) is 13.3 Å². The lowest BCUT2D eigenvalue weighted by atomic mass is 9.79. The van der Waals surface area contributed by atoms with E-state index in [4.69, 9.17) is 0 Å². The van der Waals surface area contributed by atoms with Crippen molar-refractivity contribution in [3.8, 4) is 0 Å². The van der Waals surface area contributed by atoms with Crippen molar-refractivity contribution in [1.29, 1.82) is 0 Å². The topological polar surface area (TPSA) is 99.0 Å². The zero-order chi connectivity index (χ0) is 16.7. The van der Waals surface area contributed by atoms with Crippen LogP contribution in [0.2, 0.25) is 0 Å². The minimum absolute atomic E-state index is 0.0461. The number of aliphatic carboxylic acids is 1. The van der Waals surface area contributed by atoms with Crippen molar-refractivity contribution in [1.82, 2.24) is 15.2 Å². The smallest absolute Gasteiger partial charge is 0.257 e. The van der Waals surface area contributed by atoms with Crippen molar-refractivity contribution >= 4 is 18.2 Å². The maximum Gasteiger partial charge on any atom is 0.257 e. The molecule has 4 heterocycles. The highest BCUT2D eigenvalue weighted by molar-refractivity contribution is 5.98. The molecule has 2 N–H and O–H groups in total. The number of hydrazone groups is 1. The fourth-order valence-corrected chi connectivity index (χ4v) is 3.71. The van der Waals surface area contributed by atoms with Crippen LogP contribution in [-0.2, 0) is 9.59 Å². The summed E-state index contributed by atoms with van der Waals surface area (Å²) in [5.41, 5.74) is -0.0607. The predicted molar refractivity (Wildman–Crippen MR) is 78.6 cm³/mol. The zero-order valence-electron chi connectivity index (χ0n) is 13.3. The van der Waals surface area contributed by atoms with Gasteiger partial charge in [0, 0.05) is 6.42 Å². The fourth-order valence-electron chi connectivity index (χ4n) is 3.71. The van der Waals surface area contributed by atoms with Gasteiger partial charge in [-0.25, -0.2) is 5.01 Å². The second-order valence-electron chi connectivity index (χ2n) is 6.40. The van der Waals surface area contributed by atoms with E-state index in [1.165, 1.54) is 30.5 Å². The Hall–Kier alpha value is -2.09. The van der Waals surface area contributed by atoms with Crippen molar-refractivity contribution in [3.05, 3.63) is 11.8 Å². The van der Waals surface area contributed by atoms with Gasteiger partial charge >= 0.3 is 0 Å². The molecule has 0 aromatic heterocycles. The quantitative estimate of drug-likeness (QED) is 0.438. The van der Waals surface area contributed by atoms with E-state index >= 15 is 0 Å². The number of aliphatic hydroxyl groups is 1. The van der Waals surface area contributed by atoms with Gasteiger partial charge in [-0.2, -0.15) is 4.68 Å². The maximum atomic E-state index is 11.6. The molecular weight excluding hydrogens is 300 g/mol. The zero-order valence-corrected chi connectivity index (χ0v) is 13.3. The molecule has 23 heavy (non-hydrogen) atoms. The van der Waals surface area contributed by atoms with E-state index in [0.717, 1.165) is 6.67 Å². The average Bonchev–Trinajstić information content (AvgIpc) is 3.12. The van der Waals surface area contributed by atoms with Gasteiger partial charge in [-0.15, -0.1) is 0 Å². The third-order valence-electron chi connectivity index (χ3n) is 4.82. The molecule has 0 aromatic carbocycles. The number of β-lactam (4-membered cyclic amide) rings is 1. The van der Waals surface area contributed by atoms with Crippen LogP contribution in [0.3, 0.4) is 0 Å². The van der Waals surface area contributed by atoms with Crippen LogP contribution in [0.1, 0.15) is 20.3 Å². The Balaban J connectivity index is 0.000000162. The summed E-state index contributed by atoms with van der Waals surface area (Å²) in [6, 6.07) is -0.217. The predicted octanol–water partition coefficient (Wildman–Crippen LogP) is -2.31. The summed E-state index contributed by atoms with van der Waals surface area (Å²) < 4.78 is 2.24. The third-order valence-corrected chi connectivity index (χ3v) is 4.82. The number of carbonyl (C=O) groups is 2. The first kappa shape index (κ1) is 15.8. The van der Waals surface area contributed by atoms with Crippen LogP contribution in [0.4, 0.5) is 0 Å². The number of rotatable bonds is 2. The number of nitrogens with zero attached hydrogens (tertiary/aromatic N) is 3. The summed E-state index contributed by atoms with van der Waals surface area (Å²) in [6.45, 7) is 6.82. The van der Waals surface area contributed by atoms with Crippen molar-refractivity contribution in [2.24, 2.45) is 11.8 Å². The van der Waals surface area contributed by atoms with E-state index < -0.39 is 18.0 Å². The summed E-state index contributed by atoms with van der Waals surface area (Å²) >= 11 is 0. The van der Waals surface area contributed by atoms with E-state index in [-0.39, 0.29) is 23.6 Å². The first-order chi connectivity index (χ1) is 10.9. The van der Waals surface area contributed by atoms with Crippen molar-refractivity contribution in [3.63, 3.8) is 0 Å². The molecule has 1 amide bonds. The normalized spacial score (nSPS) is 32.0. The number of aliphatic hydroxyl groups excluding tert-OH is 1. The second kappa shape index (κ2) is 5.84. The molecule has 0 saturated carbocycles. The van der Waals surface area contributed by atoms with Crippen molar-refractivity contribution in [2.45, 2.75) is 32.4 Å². The molecule has 0 aromatic rings. The number of hydrazine groups is 1. The number of carboxylic acids is 1. The van der Waals surface area contributed by atoms with Crippen molar-refractivity contribution < 1.29 is 24.5 Å². The number of carboxylic acid groups (broad SMARTS) is 1. The molecule has 4 atom stereocenters. The number of amides is 1. The van der Waals surface area contributed by atoms with Gasteiger partial charge in [0.15, 0.2) is 6.67 Å². The number of fused-ring (bicyclic) bond motifs is 2. The van der Waals surface area contributed by atoms with Gasteiger partial charge < -0.3 is 19.9 Å². The van der Waals surface area contributed by atoms with E-state index in [2.05, 4.69) is 15.0 Å². The van der Waals surface area contributed by atoms with Gasteiger partial charge in [0.25, 0.3) is 6.34 Å². The lowest BCUT2D eigenvalue weighted by Crippen LogP contribution is -2.64. The van der Waals surface area contributed by atoms with Crippen LogP contribution in [0, 0.1) is 11.8 Å². The van der Waals surface area contributed by atoms with E-state index in [0.29, 0.717) is 0 Å². The van der Waals surface area contributed by atoms with Gasteiger partial charge in [0.1, 0.15) is 6.54 Å². The van der Waals surface area contributed by atoms with E-state index in [9.17, 15) is 19.8 Å². The standard InChI is InChI=1S/C10H13NO4.C5H9N3/c1-4-3-6(10(14)15)11-8(4)7(5(2)12)9(11)13;1-2-7-4-6-5-8(7)3-1/h3-5,7-8,12H,1-2H3,(H,14,15);4H,1-3,5H2/t4?,5-,7?,8-;/m1./s1. The lowest BCUT2D eigenvalue weighted by molar-refractivity contribution is -0.653. The first-order valence-electron chi connectivity index (χ1n) is 7.94. The van der Waals surface area contributed by atoms with Crippen LogP contribution in [0.25, 0.3) is 0 Å². The van der Waals surface area contributed by atoms with E-state index in [1.54, 1.807) is 6.92 Å². The Morgan fingerprint density at radius 3 is 2.91 bits per heavy atom. The second-order valence-corrected chi connectivity index (χ2v) is 6.40. The Morgan fingerprint density at radius 2 is 2.30 bits per heavy atom. The Kier molecular flexibility index (Phi) is 4.01. The lowest BCUT2D eigenvalue weighted by Gasteiger charge is -2.47. The van der Waals surface area contributed by atoms with Crippen molar-refractivity contribution in [2.75, 3.05) is 19.8 Å². The molecule has 4 aliphatic rings.